The highest BCUT2D eigenvalue weighted by Gasteiger charge is 2.28. The lowest BCUT2D eigenvalue weighted by Gasteiger charge is -2.22. The van der Waals surface area contributed by atoms with Gasteiger partial charge in [-0.15, -0.1) is 0 Å². The summed E-state index contributed by atoms with van der Waals surface area (Å²) < 4.78 is 5.24. The van der Waals surface area contributed by atoms with E-state index in [1.165, 1.54) is 0 Å². The van der Waals surface area contributed by atoms with E-state index in [0.29, 0.717) is 24.4 Å². The van der Waals surface area contributed by atoms with E-state index in [1.807, 2.05) is 18.2 Å². The minimum Gasteiger partial charge on any atom is -0.463 e. The molecule has 2 rings (SSSR count). The zero-order chi connectivity index (χ0) is 15.2. The summed E-state index contributed by atoms with van der Waals surface area (Å²) in [5.41, 5.74) is 6.28. The summed E-state index contributed by atoms with van der Waals surface area (Å²) in [4.78, 5) is 24.5. The van der Waals surface area contributed by atoms with Gasteiger partial charge in [0.05, 0.1) is 6.04 Å². The molecule has 21 heavy (non-hydrogen) atoms. The van der Waals surface area contributed by atoms with Gasteiger partial charge in [0.2, 0.25) is 0 Å². The van der Waals surface area contributed by atoms with E-state index in [1.54, 1.807) is 11.0 Å². The zero-order valence-electron chi connectivity index (χ0n) is 11.8. The van der Waals surface area contributed by atoms with Crippen LogP contribution in [0.4, 0.5) is 4.79 Å². The summed E-state index contributed by atoms with van der Waals surface area (Å²) in [5.74, 6) is -0.272. The summed E-state index contributed by atoms with van der Waals surface area (Å²) >= 11 is 5.89. The smallest absolute Gasteiger partial charge is 0.315 e. The molecule has 1 unspecified atom stereocenters. The number of amides is 2. The number of nitrogens with two attached hydrogens (primary N) is 1. The first-order valence-electron chi connectivity index (χ1n) is 7.02. The standard InChI is InChI=1S/C15H19ClN2O3/c16-12-4-1-3-11(9-12)6-7-14(19)21-10-13-5-2-8-18(13)15(17)20/h1,3-4,9,13H,2,5-8,10H2,(H2,17,20). The highest BCUT2D eigenvalue weighted by Crippen LogP contribution is 2.17. The third-order valence-electron chi connectivity index (χ3n) is 3.60. The number of urea groups is 1. The van der Waals surface area contributed by atoms with Gasteiger partial charge in [0.25, 0.3) is 0 Å². The van der Waals surface area contributed by atoms with Crippen LogP contribution in [-0.2, 0) is 16.0 Å². The van der Waals surface area contributed by atoms with Crippen molar-refractivity contribution in [3.63, 3.8) is 0 Å². The number of nitrogens with zero attached hydrogens (tertiary/aromatic N) is 1. The molecule has 1 aromatic rings. The molecule has 1 atom stereocenters. The first kappa shape index (κ1) is 15.6. The summed E-state index contributed by atoms with van der Waals surface area (Å²) in [7, 11) is 0. The van der Waals surface area contributed by atoms with E-state index in [4.69, 9.17) is 22.1 Å². The van der Waals surface area contributed by atoms with Crippen LogP contribution in [0, 0.1) is 0 Å². The average Bonchev–Trinajstić information content (AvgIpc) is 2.91. The Morgan fingerprint density at radius 3 is 2.95 bits per heavy atom. The van der Waals surface area contributed by atoms with Gasteiger partial charge in [-0.1, -0.05) is 23.7 Å². The van der Waals surface area contributed by atoms with Gasteiger partial charge in [-0.25, -0.2) is 4.79 Å². The van der Waals surface area contributed by atoms with Crippen LogP contribution >= 0.6 is 11.6 Å². The molecule has 1 aromatic carbocycles. The van der Waals surface area contributed by atoms with E-state index in [0.717, 1.165) is 18.4 Å². The zero-order valence-corrected chi connectivity index (χ0v) is 12.5. The van der Waals surface area contributed by atoms with Crippen LogP contribution in [0.5, 0.6) is 0 Å². The fraction of sp³-hybridized carbons (Fsp3) is 0.467. The van der Waals surface area contributed by atoms with Crippen molar-refractivity contribution in [2.45, 2.75) is 31.7 Å². The molecule has 1 aliphatic rings. The summed E-state index contributed by atoms with van der Waals surface area (Å²) in [6.07, 6.45) is 2.60. The van der Waals surface area contributed by atoms with Gasteiger partial charge in [0.15, 0.2) is 0 Å². The lowest BCUT2D eigenvalue weighted by Crippen LogP contribution is -2.41. The van der Waals surface area contributed by atoms with E-state index in [2.05, 4.69) is 0 Å². The molecular formula is C15H19ClN2O3. The number of primary amides is 1. The maximum absolute atomic E-state index is 11.7. The fourth-order valence-corrected chi connectivity index (χ4v) is 2.71. The molecule has 114 valence electrons. The van der Waals surface area contributed by atoms with Crippen LogP contribution in [-0.4, -0.2) is 36.1 Å². The van der Waals surface area contributed by atoms with E-state index >= 15 is 0 Å². The lowest BCUT2D eigenvalue weighted by atomic mass is 10.1. The number of hydrogen-bond donors (Lipinski definition) is 1. The van der Waals surface area contributed by atoms with Crippen LogP contribution in [0.1, 0.15) is 24.8 Å². The number of ether oxygens (including phenoxy) is 1. The largest absolute Gasteiger partial charge is 0.463 e. The number of hydrogen-bond acceptors (Lipinski definition) is 3. The Morgan fingerprint density at radius 1 is 1.43 bits per heavy atom. The second-order valence-electron chi connectivity index (χ2n) is 5.14. The quantitative estimate of drug-likeness (QED) is 0.849. The Bertz CT molecular complexity index is 521. The maximum atomic E-state index is 11.7. The number of carbonyl (C=O) groups excluding carboxylic acids is 2. The summed E-state index contributed by atoms with van der Waals surface area (Å²) in [6.45, 7) is 0.859. The number of aryl methyl sites for hydroxylation is 1. The molecule has 1 fully saturated rings. The van der Waals surface area contributed by atoms with Crippen molar-refractivity contribution >= 4 is 23.6 Å². The molecule has 2 amide bonds. The van der Waals surface area contributed by atoms with Crippen LogP contribution in [0.3, 0.4) is 0 Å². The first-order valence-corrected chi connectivity index (χ1v) is 7.40. The lowest BCUT2D eigenvalue weighted by molar-refractivity contribution is -0.144. The van der Waals surface area contributed by atoms with E-state index in [9.17, 15) is 9.59 Å². The SMILES string of the molecule is NC(=O)N1CCCC1COC(=O)CCc1cccc(Cl)c1. The Hall–Kier alpha value is -1.75. The maximum Gasteiger partial charge on any atom is 0.315 e. The third kappa shape index (κ3) is 4.63. The molecule has 1 heterocycles. The average molecular weight is 311 g/mol. The number of rotatable bonds is 5. The van der Waals surface area contributed by atoms with Gasteiger partial charge < -0.3 is 15.4 Å². The van der Waals surface area contributed by atoms with Gasteiger partial charge in [-0.3, -0.25) is 4.79 Å². The van der Waals surface area contributed by atoms with Gasteiger partial charge in [0.1, 0.15) is 6.61 Å². The Kier molecular flexibility index (Phi) is 5.44. The normalized spacial score (nSPS) is 17.8. The van der Waals surface area contributed by atoms with Crippen molar-refractivity contribution in [2.24, 2.45) is 5.73 Å². The number of carbonyl (C=O) groups is 2. The second-order valence-corrected chi connectivity index (χ2v) is 5.58. The minimum absolute atomic E-state index is 0.0855. The van der Waals surface area contributed by atoms with Gasteiger partial charge >= 0.3 is 12.0 Å². The fourth-order valence-electron chi connectivity index (χ4n) is 2.50. The number of halogens is 1. The van der Waals surface area contributed by atoms with Gasteiger partial charge in [0, 0.05) is 18.0 Å². The molecule has 0 spiro atoms. The third-order valence-corrected chi connectivity index (χ3v) is 3.84. The highest BCUT2D eigenvalue weighted by atomic mass is 35.5. The van der Waals surface area contributed by atoms with Gasteiger partial charge in [-0.2, -0.15) is 0 Å². The Balaban J connectivity index is 1.74. The molecule has 0 aliphatic carbocycles. The van der Waals surface area contributed by atoms with Crippen molar-refractivity contribution in [3.05, 3.63) is 34.9 Å². The number of likely N-dealkylation sites (tertiary alicyclic amines) is 1. The molecule has 1 aliphatic heterocycles. The predicted octanol–water partition coefficient (Wildman–Crippen LogP) is 2.36. The monoisotopic (exact) mass is 310 g/mol. The van der Waals surface area contributed by atoms with Gasteiger partial charge in [-0.05, 0) is 37.0 Å². The highest BCUT2D eigenvalue weighted by molar-refractivity contribution is 6.30. The van der Waals surface area contributed by atoms with Crippen molar-refractivity contribution in [1.82, 2.24) is 4.90 Å². The van der Waals surface area contributed by atoms with E-state index < -0.39 is 6.03 Å². The molecule has 1 saturated heterocycles. The molecule has 6 heteroatoms. The predicted molar refractivity (Wildman–Crippen MR) is 80.0 cm³/mol. The van der Waals surface area contributed by atoms with Crippen molar-refractivity contribution in [3.8, 4) is 0 Å². The number of benzene rings is 1. The Morgan fingerprint density at radius 2 is 2.24 bits per heavy atom. The number of esters is 1. The minimum atomic E-state index is -0.451. The Labute approximate surface area is 129 Å². The molecule has 0 saturated carbocycles. The molecular weight excluding hydrogens is 292 g/mol. The molecule has 0 aromatic heterocycles. The molecule has 0 bridgehead atoms. The second kappa shape index (κ2) is 7.31. The van der Waals surface area contributed by atoms with Crippen molar-refractivity contribution < 1.29 is 14.3 Å². The first-order chi connectivity index (χ1) is 10.1. The topological polar surface area (TPSA) is 72.6 Å². The van der Waals surface area contributed by atoms with Crippen LogP contribution in [0.15, 0.2) is 24.3 Å². The molecule has 5 nitrogen and oxygen atoms in total. The molecule has 0 radical (unpaired) electrons. The molecule has 2 N–H and O–H groups in total. The summed E-state index contributed by atoms with van der Waals surface area (Å²) in [5, 5.41) is 0.656. The van der Waals surface area contributed by atoms with Crippen molar-refractivity contribution in [2.75, 3.05) is 13.2 Å². The van der Waals surface area contributed by atoms with Crippen LogP contribution < -0.4 is 5.73 Å². The van der Waals surface area contributed by atoms with Crippen molar-refractivity contribution in [1.29, 1.82) is 0 Å². The van der Waals surface area contributed by atoms with Crippen LogP contribution in [0.25, 0.3) is 0 Å². The van der Waals surface area contributed by atoms with Crippen LogP contribution in [0.2, 0.25) is 5.02 Å². The van der Waals surface area contributed by atoms with E-state index in [-0.39, 0.29) is 18.6 Å². The summed E-state index contributed by atoms with van der Waals surface area (Å²) in [6, 6.07) is 6.87.